The molecule has 0 fully saturated rings. The maximum atomic E-state index is 9.36. The van der Waals surface area contributed by atoms with Gasteiger partial charge in [0.2, 0.25) is 5.82 Å². The molecule has 0 saturated heterocycles. The predicted octanol–water partition coefficient (Wildman–Crippen LogP) is 3.97. The largest absolute Gasteiger partial charge is 0.508 e. The van der Waals surface area contributed by atoms with Crippen LogP contribution in [0.4, 0.5) is 0 Å². The van der Waals surface area contributed by atoms with Crippen LogP contribution in [0.15, 0.2) is 59.3 Å². The Morgan fingerprint density at radius 3 is 2.65 bits per heavy atom. The first kappa shape index (κ1) is 13.5. The molecule has 1 N–H and O–H groups in total. The smallest absolute Gasteiger partial charge is 0.258 e. The molecule has 2 heterocycles. The maximum Gasteiger partial charge on any atom is 0.258 e. The summed E-state index contributed by atoms with van der Waals surface area (Å²) in [5.74, 6) is 1.13. The monoisotopic (exact) mass is 303 g/mol. The fraction of sp³-hybridized carbons (Fsp3) is 0.0556. The molecular weight excluding hydrogens is 290 g/mol. The molecule has 0 radical (unpaired) electrons. The number of nitrogens with zero attached hydrogens (tertiary/aromatic N) is 3. The number of benzene rings is 2. The molecular formula is C18H13N3O2. The lowest BCUT2D eigenvalue weighted by atomic mass is 10.1. The molecule has 0 spiro atoms. The molecule has 4 aromatic rings. The number of fused-ring (bicyclic) bond motifs is 1. The summed E-state index contributed by atoms with van der Waals surface area (Å²) in [4.78, 5) is 8.85. The zero-order valence-electron chi connectivity index (χ0n) is 12.4. The van der Waals surface area contributed by atoms with E-state index >= 15 is 0 Å². The first-order valence-electron chi connectivity index (χ1n) is 7.19. The Bertz CT molecular complexity index is 991. The number of hydrogen-bond donors (Lipinski definition) is 1. The van der Waals surface area contributed by atoms with Crippen LogP contribution >= 0.6 is 0 Å². The second-order valence-corrected chi connectivity index (χ2v) is 5.35. The van der Waals surface area contributed by atoms with Crippen molar-refractivity contribution in [1.82, 2.24) is 15.1 Å². The van der Waals surface area contributed by atoms with Crippen molar-refractivity contribution in [2.24, 2.45) is 0 Å². The highest BCUT2D eigenvalue weighted by atomic mass is 16.5. The van der Waals surface area contributed by atoms with E-state index in [1.807, 2.05) is 31.2 Å². The third-order valence-electron chi connectivity index (χ3n) is 3.68. The molecule has 0 aliphatic carbocycles. The van der Waals surface area contributed by atoms with Crippen LogP contribution in [0.1, 0.15) is 5.56 Å². The predicted molar refractivity (Wildman–Crippen MR) is 86.9 cm³/mol. The lowest BCUT2D eigenvalue weighted by Gasteiger charge is -2.02. The minimum absolute atomic E-state index is 0.202. The van der Waals surface area contributed by atoms with E-state index < -0.39 is 0 Å². The van der Waals surface area contributed by atoms with Gasteiger partial charge < -0.3 is 9.63 Å². The number of phenolic OH excluding ortho intramolecular Hbond substituents is 1. The van der Waals surface area contributed by atoms with E-state index in [1.54, 1.807) is 30.5 Å². The number of rotatable bonds is 2. The summed E-state index contributed by atoms with van der Waals surface area (Å²) in [7, 11) is 0. The fourth-order valence-corrected chi connectivity index (χ4v) is 2.51. The SMILES string of the molecule is Cc1ccc2c(-c3nc(-c4ccc(O)cc4)no3)ccnc2c1. The van der Waals surface area contributed by atoms with Crippen LogP contribution in [0.5, 0.6) is 5.75 Å². The zero-order valence-corrected chi connectivity index (χ0v) is 12.4. The first-order valence-corrected chi connectivity index (χ1v) is 7.19. The highest BCUT2D eigenvalue weighted by Gasteiger charge is 2.13. The van der Waals surface area contributed by atoms with Gasteiger partial charge in [0.05, 0.1) is 11.1 Å². The van der Waals surface area contributed by atoms with Crippen molar-refractivity contribution in [1.29, 1.82) is 0 Å². The van der Waals surface area contributed by atoms with Crippen molar-refractivity contribution in [3.63, 3.8) is 0 Å². The van der Waals surface area contributed by atoms with Gasteiger partial charge >= 0.3 is 0 Å². The van der Waals surface area contributed by atoms with Crippen molar-refractivity contribution >= 4 is 10.9 Å². The fourth-order valence-electron chi connectivity index (χ4n) is 2.51. The van der Waals surface area contributed by atoms with Crippen molar-refractivity contribution in [3.05, 3.63) is 60.3 Å². The summed E-state index contributed by atoms with van der Waals surface area (Å²) < 4.78 is 5.42. The standard InChI is InChI=1S/C18H13N3O2/c1-11-2-7-14-15(8-9-19-16(14)10-11)18-20-17(21-23-18)12-3-5-13(22)6-4-12/h2-10,22H,1H3. The van der Waals surface area contributed by atoms with Gasteiger partial charge in [-0.1, -0.05) is 17.3 Å². The Morgan fingerprint density at radius 1 is 1.00 bits per heavy atom. The highest BCUT2D eigenvalue weighted by molar-refractivity contribution is 5.92. The van der Waals surface area contributed by atoms with Crippen molar-refractivity contribution < 1.29 is 9.63 Å². The summed E-state index contributed by atoms with van der Waals surface area (Å²) >= 11 is 0. The lowest BCUT2D eigenvalue weighted by molar-refractivity contribution is 0.432. The molecule has 5 nitrogen and oxygen atoms in total. The molecule has 0 aliphatic heterocycles. The van der Waals surface area contributed by atoms with Crippen LogP contribution in [0.3, 0.4) is 0 Å². The molecule has 5 heteroatoms. The third kappa shape index (κ3) is 2.42. The van der Waals surface area contributed by atoms with Crippen molar-refractivity contribution in [3.8, 4) is 28.6 Å². The Balaban J connectivity index is 1.82. The zero-order chi connectivity index (χ0) is 15.8. The van der Waals surface area contributed by atoms with Crippen LogP contribution in [0, 0.1) is 6.92 Å². The number of aromatic hydroxyl groups is 1. The van der Waals surface area contributed by atoms with Crippen molar-refractivity contribution in [2.45, 2.75) is 6.92 Å². The van der Waals surface area contributed by atoms with Gasteiger partial charge in [-0.2, -0.15) is 4.98 Å². The molecule has 4 rings (SSSR count). The maximum absolute atomic E-state index is 9.36. The van der Waals surface area contributed by atoms with E-state index in [0.717, 1.165) is 27.6 Å². The van der Waals surface area contributed by atoms with E-state index in [1.165, 1.54) is 0 Å². The summed E-state index contributed by atoms with van der Waals surface area (Å²) in [6.07, 6.45) is 1.74. The van der Waals surface area contributed by atoms with Crippen LogP contribution in [0.25, 0.3) is 33.7 Å². The molecule has 0 unspecified atom stereocenters. The van der Waals surface area contributed by atoms with Gasteiger partial charge in [0.1, 0.15) is 5.75 Å². The molecule has 0 bridgehead atoms. The molecule has 23 heavy (non-hydrogen) atoms. The number of aromatic nitrogens is 3. The summed E-state index contributed by atoms with van der Waals surface area (Å²) in [5, 5.41) is 14.4. The average molecular weight is 303 g/mol. The second kappa shape index (κ2) is 5.21. The third-order valence-corrected chi connectivity index (χ3v) is 3.68. The van der Waals surface area contributed by atoms with Gasteiger partial charge in [-0.15, -0.1) is 0 Å². The van der Waals surface area contributed by atoms with Crippen LogP contribution < -0.4 is 0 Å². The molecule has 2 aromatic carbocycles. The van der Waals surface area contributed by atoms with E-state index in [2.05, 4.69) is 15.1 Å². The number of hydrogen-bond acceptors (Lipinski definition) is 5. The minimum atomic E-state index is 0.202. The summed E-state index contributed by atoms with van der Waals surface area (Å²) in [6.45, 7) is 2.03. The van der Waals surface area contributed by atoms with Gasteiger partial charge in [0.15, 0.2) is 0 Å². The Hall–Kier alpha value is -3.21. The summed E-state index contributed by atoms with van der Waals surface area (Å²) in [6, 6.07) is 14.6. The second-order valence-electron chi connectivity index (χ2n) is 5.35. The minimum Gasteiger partial charge on any atom is -0.508 e. The molecule has 0 amide bonds. The molecule has 0 saturated carbocycles. The van der Waals surface area contributed by atoms with Crippen LogP contribution in [-0.2, 0) is 0 Å². The Labute approximate surface area is 132 Å². The van der Waals surface area contributed by atoms with E-state index in [-0.39, 0.29) is 5.75 Å². The van der Waals surface area contributed by atoms with Crippen LogP contribution in [-0.4, -0.2) is 20.2 Å². The number of aryl methyl sites for hydroxylation is 1. The number of pyridine rings is 1. The summed E-state index contributed by atoms with van der Waals surface area (Å²) in [5.41, 5.74) is 3.68. The molecule has 112 valence electrons. The Morgan fingerprint density at radius 2 is 1.83 bits per heavy atom. The van der Waals surface area contributed by atoms with Gasteiger partial charge in [-0.05, 0) is 48.9 Å². The quantitative estimate of drug-likeness (QED) is 0.606. The molecule has 0 atom stereocenters. The molecule has 0 aliphatic rings. The highest BCUT2D eigenvalue weighted by Crippen LogP contribution is 2.28. The Kier molecular flexibility index (Phi) is 3.05. The number of phenols is 1. The van der Waals surface area contributed by atoms with Gasteiger partial charge in [0, 0.05) is 17.1 Å². The van der Waals surface area contributed by atoms with Gasteiger partial charge in [-0.3, -0.25) is 4.98 Å². The molecule has 2 aromatic heterocycles. The lowest BCUT2D eigenvalue weighted by Crippen LogP contribution is -1.86. The van der Waals surface area contributed by atoms with E-state index in [4.69, 9.17) is 4.52 Å². The van der Waals surface area contributed by atoms with Gasteiger partial charge in [0.25, 0.3) is 5.89 Å². The average Bonchev–Trinajstić information content (AvgIpc) is 3.04. The first-order chi connectivity index (χ1) is 11.2. The topological polar surface area (TPSA) is 72.0 Å². The van der Waals surface area contributed by atoms with Gasteiger partial charge in [-0.25, -0.2) is 0 Å². The van der Waals surface area contributed by atoms with Crippen LogP contribution in [0.2, 0.25) is 0 Å². The van der Waals surface area contributed by atoms with Crippen molar-refractivity contribution in [2.75, 3.05) is 0 Å². The van der Waals surface area contributed by atoms with E-state index in [9.17, 15) is 5.11 Å². The normalized spacial score (nSPS) is 11.0. The van der Waals surface area contributed by atoms with E-state index in [0.29, 0.717) is 11.7 Å².